The lowest BCUT2D eigenvalue weighted by molar-refractivity contribution is -0.132. The minimum absolute atomic E-state index is 0.00788. The van der Waals surface area contributed by atoms with E-state index in [2.05, 4.69) is 22.9 Å². The van der Waals surface area contributed by atoms with E-state index in [1.807, 2.05) is 16.8 Å². The molecular weight excluding hydrogens is 334 g/mol. The molecule has 2 rings (SSSR count). The molecule has 6 heteroatoms. The predicted octanol–water partition coefficient (Wildman–Crippen LogP) is 2.35. The predicted molar refractivity (Wildman–Crippen MR) is 85.2 cm³/mol. The second-order valence-corrected chi connectivity index (χ2v) is 6.54. The topological polar surface area (TPSA) is 45.6 Å². The van der Waals surface area contributed by atoms with Crippen LogP contribution in [-0.4, -0.2) is 52.9 Å². The first kappa shape index (κ1) is 16.1. The van der Waals surface area contributed by atoms with E-state index < -0.39 is 0 Å². The Balaban J connectivity index is 2.24. The first-order chi connectivity index (χ1) is 9.95. The Bertz CT molecular complexity index is 539. The number of rotatable bonds is 4. The van der Waals surface area contributed by atoms with E-state index in [4.69, 9.17) is 0 Å². The third-order valence-corrected chi connectivity index (χ3v) is 4.22. The fourth-order valence-electron chi connectivity index (χ4n) is 2.79. The van der Waals surface area contributed by atoms with Gasteiger partial charge in [-0.3, -0.25) is 9.59 Å². The zero-order valence-electron chi connectivity index (χ0n) is 12.8. The summed E-state index contributed by atoms with van der Waals surface area (Å²) in [5.41, 5.74) is 0.655. The van der Waals surface area contributed by atoms with Crippen LogP contribution in [0.3, 0.4) is 0 Å². The number of nitrogens with zero attached hydrogens (tertiary/aromatic N) is 3. The Kier molecular flexibility index (Phi) is 5.08. The SMILES string of the molecule is CCCn1cc(Br)cc1C(=O)N1CCCC1C(=O)N(C)C. The molecule has 1 aliphatic heterocycles. The molecule has 0 radical (unpaired) electrons. The smallest absolute Gasteiger partial charge is 0.271 e. The van der Waals surface area contributed by atoms with Crippen LogP contribution in [0.4, 0.5) is 0 Å². The van der Waals surface area contributed by atoms with Gasteiger partial charge in [-0.1, -0.05) is 6.92 Å². The van der Waals surface area contributed by atoms with E-state index in [-0.39, 0.29) is 17.9 Å². The molecule has 0 N–H and O–H groups in total. The van der Waals surface area contributed by atoms with Crippen LogP contribution in [-0.2, 0) is 11.3 Å². The number of hydrogen-bond donors (Lipinski definition) is 0. The van der Waals surface area contributed by atoms with Crippen molar-refractivity contribution >= 4 is 27.7 Å². The summed E-state index contributed by atoms with van der Waals surface area (Å²) in [5, 5.41) is 0. The lowest BCUT2D eigenvalue weighted by Gasteiger charge is -2.26. The van der Waals surface area contributed by atoms with Crippen LogP contribution in [0.2, 0.25) is 0 Å². The van der Waals surface area contributed by atoms with Crippen LogP contribution in [0, 0.1) is 0 Å². The van der Waals surface area contributed by atoms with Crippen LogP contribution in [0.1, 0.15) is 36.7 Å². The summed E-state index contributed by atoms with van der Waals surface area (Å²) in [7, 11) is 3.47. The molecule has 0 spiro atoms. The Hall–Kier alpha value is -1.30. The Morgan fingerprint density at radius 1 is 1.43 bits per heavy atom. The summed E-state index contributed by atoms with van der Waals surface area (Å²) in [4.78, 5) is 28.3. The highest BCUT2D eigenvalue weighted by atomic mass is 79.9. The van der Waals surface area contributed by atoms with Crippen molar-refractivity contribution in [1.82, 2.24) is 14.4 Å². The molecule has 1 aromatic rings. The number of halogens is 1. The van der Waals surface area contributed by atoms with Gasteiger partial charge in [0.1, 0.15) is 11.7 Å². The Labute approximate surface area is 134 Å². The van der Waals surface area contributed by atoms with Crippen molar-refractivity contribution in [2.75, 3.05) is 20.6 Å². The molecule has 21 heavy (non-hydrogen) atoms. The highest BCUT2D eigenvalue weighted by molar-refractivity contribution is 9.10. The van der Waals surface area contributed by atoms with Gasteiger partial charge in [-0.15, -0.1) is 0 Å². The van der Waals surface area contributed by atoms with Gasteiger partial charge < -0.3 is 14.4 Å². The Morgan fingerprint density at radius 2 is 2.14 bits per heavy atom. The van der Waals surface area contributed by atoms with E-state index in [0.29, 0.717) is 12.2 Å². The van der Waals surface area contributed by atoms with E-state index in [1.165, 1.54) is 0 Å². The standard InChI is InChI=1S/C15H22BrN3O2/c1-4-7-18-10-11(16)9-13(18)15(21)19-8-5-6-12(19)14(20)17(2)3/h9-10,12H,4-8H2,1-3H3. The molecule has 0 saturated carbocycles. The zero-order chi connectivity index (χ0) is 15.6. The first-order valence-electron chi connectivity index (χ1n) is 7.33. The van der Waals surface area contributed by atoms with Crippen LogP contribution in [0.15, 0.2) is 16.7 Å². The fraction of sp³-hybridized carbons (Fsp3) is 0.600. The highest BCUT2D eigenvalue weighted by Gasteiger charge is 2.36. The number of carbonyl (C=O) groups excluding carboxylic acids is 2. The molecule has 0 aliphatic carbocycles. The van der Waals surface area contributed by atoms with Crippen LogP contribution in [0.5, 0.6) is 0 Å². The number of amides is 2. The molecule has 1 aliphatic rings. The molecule has 1 aromatic heterocycles. The van der Waals surface area contributed by atoms with E-state index in [9.17, 15) is 9.59 Å². The number of hydrogen-bond acceptors (Lipinski definition) is 2. The second-order valence-electron chi connectivity index (χ2n) is 5.63. The quantitative estimate of drug-likeness (QED) is 0.832. The fourth-order valence-corrected chi connectivity index (χ4v) is 3.26. The molecule has 2 heterocycles. The highest BCUT2D eigenvalue weighted by Crippen LogP contribution is 2.24. The second kappa shape index (κ2) is 6.64. The normalized spacial score (nSPS) is 18.1. The van der Waals surface area contributed by atoms with Crippen molar-refractivity contribution in [1.29, 1.82) is 0 Å². The van der Waals surface area contributed by atoms with Gasteiger partial charge >= 0.3 is 0 Å². The van der Waals surface area contributed by atoms with Crippen molar-refractivity contribution in [3.8, 4) is 0 Å². The largest absolute Gasteiger partial charge is 0.347 e. The van der Waals surface area contributed by atoms with Gasteiger partial charge in [-0.25, -0.2) is 0 Å². The third-order valence-electron chi connectivity index (χ3n) is 3.79. The van der Waals surface area contributed by atoms with Gasteiger partial charge in [0, 0.05) is 37.9 Å². The van der Waals surface area contributed by atoms with Gasteiger partial charge in [0.05, 0.1) is 0 Å². The van der Waals surface area contributed by atoms with Crippen LogP contribution < -0.4 is 0 Å². The van der Waals surface area contributed by atoms with E-state index in [1.54, 1.807) is 23.9 Å². The molecule has 116 valence electrons. The van der Waals surface area contributed by atoms with Crippen molar-refractivity contribution in [3.05, 3.63) is 22.4 Å². The monoisotopic (exact) mass is 355 g/mol. The molecule has 0 bridgehead atoms. The first-order valence-corrected chi connectivity index (χ1v) is 8.12. The Morgan fingerprint density at radius 3 is 2.76 bits per heavy atom. The van der Waals surface area contributed by atoms with Gasteiger partial charge in [0.25, 0.3) is 5.91 Å². The summed E-state index contributed by atoms with van der Waals surface area (Å²) >= 11 is 3.43. The van der Waals surface area contributed by atoms with Gasteiger partial charge in [-0.05, 0) is 41.3 Å². The maximum absolute atomic E-state index is 12.8. The van der Waals surface area contributed by atoms with Crippen molar-refractivity contribution in [2.24, 2.45) is 0 Å². The van der Waals surface area contributed by atoms with Crippen LogP contribution >= 0.6 is 15.9 Å². The minimum atomic E-state index is -0.323. The number of likely N-dealkylation sites (tertiary alicyclic amines) is 1. The maximum Gasteiger partial charge on any atom is 0.271 e. The summed E-state index contributed by atoms with van der Waals surface area (Å²) in [6.45, 7) is 3.53. The molecule has 1 fully saturated rings. The minimum Gasteiger partial charge on any atom is -0.347 e. The molecule has 2 amide bonds. The third kappa shape index (κ3) is 3.31. The average Bonchev–Trinajstić information content (AvgIpc) is 3.04. The lowest BCUT2D eigenvalue weighted by atomic mass is 10.2. The summed E-state index contributed by atoms with van der Waals surface area (Å²) in [5.74, 6) is -0.0413. The van der Waals surface area contributed by atoms with Gasteiger partial charge in [-0.2, -0.15) is 0 Å². The molecule has 1 unspecified atom stereocenters. The number of likely N-dealkylation sites (N-methyl/N-ethyl adjacent to an activating group) is 1. The number of aryl methyl sites for hydroxylation is 1. The summed E-state index contributed by atoms with van der Waals surface area (Å²) in [6.07, 6.45) is 4.51. The number of aromatic nitrogens is 1. The zero-order valence-corrected chi connectivity index (χ0v) is 14.4. The van der Waals surface area contributed by atoms with Crippen molar-refractivity contribution in [2.45, 2.75) is 38.8 Å². The number of carbonyl (C=O) groups is 2. The van der Waals surface area contributed by atoms with Gasteiger partial charge in [0.2, 0.25) is 5.91 Å². The van der Waals surface area contributed by atoms with Crippen LogP contribution in [0.25, 0.3) is 0 Å². The van der Waals surface area contributed by atoms with Crippen molar-refractivity contribution < 1.29 is 9.59 Å². The maximum atomic E-state index is 12.8. The van der Waals surface area contributed by atoms with Crippen molar-refractivity contribution in [3.63, 3.8) is 0 Å². The molecule has 1 saturated heterocycles. The molecule has 1 atom stereocenters. The summed E-state index contributed by atoms with van der Waals surface area (Å²) < 4.78 is 2.86. The molecule has 0 aromatic carbocycles. The molecule has 5 nitrogen and oxygen atoms in total. The van der Waals surface area contributed by atoms with E-state index >= 15 is 0 Å². The van der Waals surface area contributed by atoms with E-state index in [0.717, 1.165) is 30.3 Å². The average molecular weight is 356 g/mol. The summed E-state index contributed by atoms with van der Waals surface area (Å²) in [6, 6.07) is 1.52. The van der Waals surface area contributed by atoms with Gasteiger partial charge in [0.15, 0.2) is 0 Å². The molecular formula is C15H22BrN3O2. The lowest BCUT2D eigenvalue weighted by Crippen LogP contribution is -2.45.